The molecule has 2 aliphatic heterocycles. The molecular formula is C22H30N2O3. The van der Waals surface area contributed by atoms with Crippen LogP contribution in [-0.2, 0) is 19.7 Å². The van der Waals surface area contributed by atoms with Crippen molar-refractivity contribution < 1.29 is 14.3 Å². The molecule has 1 aromatic rings. The summed E-state index contributed by atoms with van der Waals surface area (Å²) in [6.45, 7) is 6.34. The van der Waals surface area contributed by atoms with Crippen LogP contribution < -0.4 is 0 Å². The molecule has 1 aromatic carbocycles. The molecule has 5 nitrogen and oxygen atoms in total. The van der Waals surface area contributed by atoms with Crippen molar-refractivity contribution in [1.29, 1.82) is 0 Å². The first-order valence-corrected chi connectivity index (χ1v) is 10.4. The minimum Gasteiger partial charge on any atom is -0.378 e. The summed E-state index contributed by atoms with van der Waals surface area (Å²) in [5.41, 5.74) is 2.92. The van der Waals surface area contributed by atoms with Crippen molar-refractivity contribution in [1.82, 2.24) is 9.80 Å². The van der Waals surface area contributed by atoms with Gasteiger partial charge in [-0.05, 0) is 41.7 Å². The molecule has 1 atom stereocenters. The lowest BCUT2D eigenvalue weighted by atomic mass is 9.73. The van der Waals surface area contributed by atoms with Gasteiger partial charge in [-0.1, -0.05) is 31.2 Å². The van der Waals surface area contributed by atoms with Gasteiger partial charge in [-0.25, -0.2) is 0 Å². The van der Waals surface area contributed by atoms with Gasteiger partial charge in [-0.3, -0.25) is 9.59 Å². The van der Waals surface area contributed by atoms with Crippen LogP contribution in [0.2, 0.25) is 0 Å². The Morgan fingerprint density at radius 2 is 1.70 bits per heavy atom. The molecule has 2 amide bonds. The number of hydrogen-bond acceptors (Lipinski definition) is 3. The second-order valence-corrected chi connectivity index (χ2v) is 8.20. The topological polar surface area (TPSA) is 49.9 Å². The van der Waals surface area contributed by atoms with E-state index in [2.05, 4.69) is 24.3 Å². The molecule has 146 valence electrons. The van der Waals surface area contributed by atoms with Crippen molar-refractivity contribution >= 4 is 11.8 Å². The largest absolute Gasteiger partial charge is 0.378 e. The Kier molecular flexibility index (Phi) is 5.22. The maximum absolute atomic E-state index is 12.8. The van der Waals surface area contributed by atoms with E-state index in [0.29, 0.717) is 45.1 Å². The number of benzene rings is 1. The second kappa shape index (κ2) is 7.63. The summed E-state index contributed by atoms with van der Waals surface area (Å²) in [6.07, 6.45) is 4.24. The average Bonchev–Trinajstić information content (AvgIpc) is 3.02. The highest BCUT2D eigenvalue weighted by molar-refractivity contribution is 5.78. The molecule has 5 heteroatoms. The van der Waals surface area contributed by atoms with Gasteiger partial charge in [0.15, 0.2) is 0 Å². The van der Waals surface area contributed by atoms with E-state index in [-0.39, 0.29) is 17.2 Å². The van der Waals surface area contributed by atoms with Crippen molar-refractivity contribution in [3.05, 3.63) is 35.4 Å². The van der Waals surface area contributed by atoms with Crippen molar-refractivity contribution in [2.24, 2.45) is 0 Å². The van der Waals surface area contributed by atoms with E-state index in [0.717, 1.165) is 32.4 Å². The summed E-state index contributed by atoms with van der Waals surface area (Å²) in [7, 11) is 0. The highest BCUT2D eigenvalue weighted by atomic mass is 16.5. The maximum Gasteiger partial charge on any atom is 0.223 e. The Bertz CT molecular complexity index is 703. The SMILES string of the molecule is CCC(=O)N1CCC2(CC1)CC(CC(=O)N1CCOCC1)c1ccccc12. The van der Waals surface area contributed by atoms with Gasteiger partial charge < -0.3 is 14.5 Å². The van der Waals surface area contributed by atoms with Gasteiger partial charge in [0, 0.05) is 39.0 Å². The molecule has 27 heavy (non-hydrogen) atoms. The number of carbonyl (C=O) groups is 2. The number of amides is 2. The lowest BCUT2D eigenvalue weighted by Gasteiger charge is -2.40. The summed E-state index contributed by atoms with van der Waals surface area (Å²) in [4.78, 5) is 28.9. The molecule has 0 radical (unpaired) electrons. The van der Waals surface area contributed by atoms with Gasteiger partial charge >= 0.3 is 0 Å². The summed E-state index contributed by atoms with van der Waals surface area (Å²) < 4.78 is 5.38. The molecule has 2 saturated heterocycles. The third-order valence-corrected chi connectivity index (χ3v) is 6.77. The Morgan fingerprint density at radius 1 is 1.04 bits per heavy atom. The molecule has 0 saturated carbocycles. The van der Waals surface area contributed by atoms with Gasteiger partial charge in [-0.15, -0.1) is 0 Å². The van der Waals surface area contributed by atoms with Crippen LogP contribution in [0.1, 0.15) is 56.1 Å². The molecule has 0 bridgehead atoms. The number of likely N-dealkylation sites (tertiary alicyclic amines) is 1. The Labute approximate surface area is 161 Å². The van der Waals surface area contributed by atoms with Crippen LogP contribution in [0, 0.1) is 0 Å². The molecule has 3 aliphatic rings. The molecule has 1 spiro atoms. The predicted molar refractivity (Wildman–Crippen MR) is 104 cm³/mol. The van der Waals surface area contributed by atoms with Crippen LogP contribution in [0.4, 0.5) is 0 Å². The fourth-order valence-electron chi connectivity index (χ4n) is 5.24. The number of ether oxygens (including phenoxy) is 1. The first-order chi connectivity index (χ1) is 13.1. The molecule has 2 fully saturated rings. The third-order valence-electron chi connectivity index (χ3n) is 6.77. The highest BCUT2D eigenvalue weighted by Crippen LogP contribution is 2.52. The number of rotatable bonds is 3. The Balaban J connectivity index is 1.50. The monoisotopic (exact) mass is 370 g/mol. The molecular weight excluding hydrogens is 340 g/mol. The number of hydrogen-bond donors (Lipinski definition) is 0. The maximum atomic E-state index is 12.8. The minimum absolute atomic E-state index is 0.136. The lowest BCUT2D eigenvalue weighted by Crippen LogP contribution is -2.44. The molecule has 0 aromatic heterocycles. The summed E-state index contributed by atoms with van der Waals surface area (Å²) in [5.74, 6) is 0.814. The fourth-order valence-corrected chi connectivity index (χ4v) is 5.24. The van der Waals surface area contributed by atoms with Crippen LogP contribution >= 0.6 is 0 Å². The highest BCUT2D eigenvalue weighted by Gasteiger charge is 2.46. The number of fused-ring (bicyclic) bond motifs is 2. The third kappa shape index (κ3) is 3.49. The standard InChI is InChI=1S/C22H30N2O3/c1-2-20(25)23-9-7-22(8-10-23)16-17(18-5-3-4-6-19(18)22)15-21(26)24-11-13-27-14-12-24/h3-6,17H,2,7-16H2,1H3. The van der Waals surface area contributed by atoms with E-state index in [1.165, 1.54) is 11.1 Å². The zero-order valence-corrected chi connectivity index (χ0v) is 16.3. The Morgan fingerprint density at radius 3 is 2.41 bits per heavy atom. The number of morpholine rings is 1. The van der Waals surface area contributed by atoms with Gasteiger partial charge in [-0.2, -0.15) is 0 Å². The van der Waals surface area contributed by atoms with Crippen molar-refractivity contribution in [2.45, 2.75) is 50.4 Å². The van der Waals surface area contributed by atoms with Gasteiger partial charge in [0.25, 0.3) is 0 Å². The van der Waals surface area contributed by atoms with Crippen molar-refractivity contribution in [3.8, 4) is 0 Å². The molecule has 1 aliphatic carbocycles. The second-order valence-electron chi connectivity index (χ2n) is 8.20. The van der Waals surface area contributed by atoms with Crippen LogP contribution in [0.15, 0.2) is 24.3 Å². The average molecular weight is 370 g/mol. The zero-order chi connectivity index (χ0) is 18.9. The van der Waals surface area contributed by atoms with Crippen LogP contribution in [0.25, 0.3) is 0 Å². The van der Waals surface area contributed by atoms with Gasteiger partial charge in [0.05, 0.1) is 13.2 Å². The smallest absolute Gasteiger partial charge is 0.223 e. The predicted octanol–water partition coefficient (Wildman–Crippen LogP) is 2.69. The van der Waals surface area contributed by atoms with Crippen LogP contribution in [-0.4, -0.2) is 61.0 Å². The van der Waals surface area contributed by atoms with E-state index in [1.54, 1.807) is 0 Å². The normalized spacial score (nSPS) is 24.1. The van der Waals surface area contributed by atoms with Crippen LogP contribution in [0.5, 0.6) is 0 Å². The van der Waals surface area contributed by atoms with E-state index in [4.69, 9.17) is 4.74 Å². The zero-order valence-electron chi connectivity index (χ0n) is 16.3. The van der Waals surface area contributed by atoms with Gasteiger partial charge in [0.2, 0.25) is 11.8 Å². The van der Waals surface area contributed by atoms with Crippen molar-refractivity contribution in [3.63, 3.8) is 0 Å². The first-order valence-electron chi connectivity index (χ1n) is 10.4. The minimum atomic E-state index is 0.136. The van der Waals surface area contributed by atoms with E-state index < -0.39 is 0 Å². The lowest BCUT2D eigenvalue weighted by molar-refractivity contribution is -0.135. The summed E-state index contributed by atoms with van der Waals surface area (Å²) in [6, 6.07) is 8.69. The number of nitrogens with zero attached hydrogens (tertiary/aromatic N) is 2. The molecule has 4 rings (SSSR count). The molecule has 2 heterocycles. The number of piperidine rings is 1. The Hall–Kier alpha value is -1.88. The van der Waals surface area contributed by atoms with E-state index in [1.807, 2.05) is 16.7 Å². The first kappa shape index (κ1) is 18.5. The molecule has 1 unspecified atom stereocenters. The number of carbonyl (C=O) groups excluding carboxylic acids is 2. The van der Waals surface area contributed by atoms with Crippen molar-refractivity contribution in [2.75, 3.05) is 39.4 Å². The van der Waals surface area contributed by atoms with E-state index in [9.17, 15) is 9.59 Å². The summed E-state index contributed by atoms with van der Waals surface area (Å²) in [5, 5.41) is 0. The van der Waals surface area contributed by atoms with Crippen LogP contribution in [0.3, 0.4) is 0 Å². The quantitative estimate of drug-likeness (QED) is 0.822. The van der Waals surface area contributed by atoms with E-state index >= 15 is 0 Å². The molecule has 0 N–H and O–H groups in total. The summed E-state index contributed by atoms with van der Waals surface area (Å²) >= 11 is 0. The fraction of sp³-hybridized carbons (Fsp3) is 0.636. The van der Waals surface area contributed by atoms with Gasteiger partial charge in [0.1, 0.15) is 0 Å².